The summed E-state index contributed by atoms with van der Waals surface area (Å²) in [4.78, 5) is 29.7. The van der Waals surface area contributed by atoms with Gasteiger partial charge in [-0.05, 0) is 50.1 Å². The van der Waals surface area contributed by atoms with Crippen molar-refractivity contribution in [3.63, 3.8) is 0 Å². The average molecular weight is 427 g/mol. The van der Waals surface area contributed by atoms with Crippen LogP contribution in [0.1, 0.15) is 15.9 Å². The number of amides is 1. The van der Waals surface area contributed by atoms with Crippen LogP contribution in [0.4, 0.5) is 0 Å². The van der Waals surface area contributed by atoms with E-state index < -0.39 is 5.82 Å². The van der Waals surface area contributed by atoms with Crippen molar-refractivity contribution >= 4 is 30.0 Å². The van der Waals surface area contributed by atoms with Crippen LogP contribution in [0.15, 0.2) is 60.8 Å². The molecule has 0 aliphatic heterocycles. The zero-order valence-corrected chi connectivity index (χ0v) is 18.9. The molecule has 1 atom stereocenters. The Bertz CT molecular complexity index is 1120. The number of carbonyl (C=O) groups is 2. The number of benzene rings is 2. The van der Waals surface area contributed by atoms with Gasteiger partial charge in [0.1, 0.15) is 6.54 Å². The predicted molar refractivity (Wildman–Crippen MR) is 128 cm³/mol. The number of nitrogens with zero attached hydrogens (tertiary/aromatic N) is 4. The van der Waals surface area contributed by atoms with Crippen molar-refractivity contribution in [3.05, 3.63) is 71.9 Å². The van der Waals surface area contributed by atoms with E-state index >= 15 is 0 Å². The van der Waals surface area contributed by atoms with Crippen LogP contribution in [0.3, 0.4) is 0 Å². The maximum Gasteiger partial charge on any atom is 0.268 e. The van der Waals surface area contributed by atoms with Gasteiger partial charge in [-0.2, -0.15) is 0 Å². The Labute approximate surface area is 190 Å². The Kier molecular flexibility index (Phi) is 7.85. The highest BCUT2D eigenvalue weighted by Crippen LogP contribution is 2.22. The molecule has 0 aliphatic rings. The maximum atomic E-state index is 13.1. The molecule has 3 rings (SSSR count). The fraction of sp³-hybridized carbons (Fsp3) is 0.320. The minimum Gasteiger partial charge on any atom is -0.337 e. The van der Waals surface area contributed by atoms with Crippen molar-refractivity contribution in [3.8, 4) is 5.97 Å². The first-order valence-electron chi connectivity index (χ1n) is 10.7. The Balaban J connectivity index is 1.76. The van der Waals surface area contributed by atoms with Crippen LogP contribution in [0.2, 0.25) is 5.82 Å². The Hall–Kier alpha value is -3.37. The van der Waals surface area contributed by atoms with Crippen LogP contribution in [0.5, 0.6) is 0 Å². The van der Waals surface area contributed by atoms with Crippen LogP contribution in [-0.4, -0.2) is 67.7 Å². The summed E-state index contributed by atoms with van der Waals surface area (Å²) in [6, 6.07) is 17.4. The van der Waals surface area contributed by atoms with E-state index in [-0.39, 0.29) is 18.4 Å². The van der Waals surface area contributed by atoms with E-state index in [9.17, 15) is 9.59 Å². The summed E-state index contributed by atoms with van der Waals surface area (Å²) in [7, 11) is 7.01. The molecule has 7 heteroatoms. The number of hydrogen-bond donors (Lipinski definition) is 0. The summed E-state index contributed by atoms with van der Waals surface area (Å²) in [5.41, 5.74) is 2.92. The smallest absolute Gasteiger partial charge is 0.268 e. The van der Waals surface area contributed by atoms with Crippen molar-refractivity contribution in [2.75, 3.05) is 34.2 Å². The van der Waals surface area contributed by atoms with Crippen LogP contribution in [0, 0.1) is 11.2 Å². The zero-order valence-electron chi connectivity index (χ0n) is 18.9. The van der Waals surface area contributed by atoms with E-state index in [2.05, 4.69) is 4.90 Å². The first kappa shape index (κ1) is 23.3. The number of carbonyl (C=O) groups excluding carboxylic acids is 2. The molecule has 0 saturated carbocycles. The highest BCUT2D eigenvalue weighted by atomic mass is 16.2. The molecule has 0 bridgehead atoms. The number of aromatic nitrogens is 1. The Morgan fingerprint density at radius 3 is 2.44 bits per heavy atom. The first-order valence-corrected chi connectivity index (χ1v) is 10.7. The highest BCUT2D eigenvalue weighted by molar-refractivity contribution is 6.52. The van der Waals surface area contributed by atoms with Gasteiger partial charge >= 0.3 is 0 Å². The lowest BCUT2D eigenvalue weighted by Crippen LogP contribution is -2.38. The van der Waals surface area contributed by atoms with E-state index in [0.29, 0.717) is 6.42 Å². The summed E-state index contributed by atoms with van der Waals surface area (Å²) in [5, 5.41) is 10.2. The SMILES string of the molecule is CN(C)CCc1cn(C(=O)CN(C)C(=O)[C@@H]([B]C#N)Cc2ccccc2)c2ccccc12. The van der Waals surface area contributed by atoms with Crippen molar-refractivity contribution in [1.82, 2.24) is 14.4 Å². The Morgan fingerprint density at radius 2 is 1.75 bits per heavy atom. The minimum atomic E-state index is -0.600. The van der Waals surface area contributed by atoms with Gasteiger partial charge in [0.25, 0.3) is 13.2 Å². The number of likely N-dealkylation sites (N-methyl/N-ethyl adjacent to an activating group) is 2. The highest BCUT2D eigenvalue weighted by Gasteiger charge is 2.26. The Morgan fingerprint density at radius 1 is 1.06 bits per heavy atom. The van der Waals surface area contributed by atoms with Crippen molar-refractivity contribution in [2.24, 2.45) is 0 Å². The molecular weight excluding hydrogens is 399 g/mol. The van der Waals surface area contributed by atoms with Gasteiger partial charge in [-0.15, -0.1) is 0 Å². The normalized spacial score (nSPS) is 11.8. The first-order chi connectivity index (χ1) is 15.4. The quantitative estimate of drug-likeness (QED) is 0.493. The van der Waals surface area contributed by atoms with Gasteiger partial charge in [0.05, 0.1) is 5.52 Å². The van der Waals surface area contributed by atoms with Crippen LogP contribution in [0.25, 0.3) is 10.9 Å². The van der Waals surface area contributed by atoms with Gasteiger partial charge in [-0.3, -0.25) is 14.2 Å². The fourth-order valence-corrected chi connectivity index (χ4v) is 3.82. The summed E-state index contributed by atoms with van der Waals surface area (Å²) >= 11 is 0. The van der Waals surface area contributed by atoms with E-state index in [4.69, 9.17) is 5.26 Å². The second-order valence-electron chi connectivity index (χ2n) is 8.27. The molecule has 3 aromatic rings. The molecule has 6 nitrogen and oxygen atoms in total. The second-order valence-corrected chi connectivity index (χ2v) is 8.27. The van der Waals surface area contributed by atoms with Gasteiger partial charge < -0.3 is 9.80 Å². The number of para-hydroxylation sites is 1. The van der Waals surface area contributed by atoms with E-state index in [0.717, 1.165) is 35.0 Å². The second kappa shape index (κ2) is 10.8. The molecule has 0 spiro atoms. The molecular formula is C25H28BN4O2. The van der Waals surface area contributed by atoms with Crippen LogP contribution in [-0.2, 0) is 17.6 Å². The molecule has 0 unspecified atom stereocenters. The monoisotopic (exact) mass is 427 g/mol. The van der Waals surface area contributed by atoms with Gasteiger partial charge in [0.15, 0.2) is 0 Å². The molecule has 163 valence electrons. The van der Waals surface area contributed by atoms with Crippen LogP contribution >= 0.6 is 0 Å². The predicted octanol–water partition coefficient (Wildman–Crippen LogP) is 3.06. The lowest BCUT2D eigenvalue weighted by Gasteiger charge is -2.22. The molecule has 1 heterocycles. The molecule has 0 fully saturated rings. The third-order valence-electron chi connectivity index (χ3n) is 5.53. The summed E-state index contributed by atoms with van der Waals surface area (Å²) < 4.78 is 1.64. The molecule has 0 N–H and O–H groups in total. The number of nitriles is 1. The van der Waals surface area contributed by atoms with Gasteiger partial charge in [-0.1, -0.05) is 48.5 Å². The molecule has 32 heavy (non-hydrogen) atoms. The van der Waals surface area contributed by atoms with Crippen molar-refractivity contribution < 1.29 is 9.59 Å². The fourth-order valence-electron chi connectivity index (χ4n) is 3.82. The largest absolute Gasteiger partial charge is 0.337 e. The maximum absolute atomic E-state index is 13.1. The van der Waals surface area contributed by atoms with Crippen molar-refractivity contribution in [1.29, 1.82) is 5.26 Å². The number of hydrogen-bond acceptors (Lipinski definition) is 4. The molecule has 2 aromatic carbocycles. The van der Waals surface area contributed by atoms with E-state index in [1.807, 2.05) is 80.9 Å². The number of rotatable bonds is 9. The topological polar surface area (TPSA) is 69.3 Å². The van der Waals surface area contributed by atoms with Gasteiger partial charge in [0, 0.05) is 31.0 Å². The third-order valence-corrected chi connectivity index (χ3v) is 5.53. The molecule has 0 aliphatic carbocycles. The summed E-state index contributed by atoms with van der Waals surface area (Å²) in [6.45, 7) is 0.820. The average Bonchev–Trinajstić information content (AvgIpc) is 3.16. The lowest BCUT2D eigenvalue weighted by atomic mass is 9.63. The van der Waals surface area contributed by atoms with E-state index in [1.165, 1.54) is 12.2 Å². The summed E-state index contributed by atoms with van der Waals surface area (Å²) in [5.74, 6) is 0.973. The molecule has 0 saturated heterocycles. The van der Waals surface area contributed by atoms with Crippen molar-refractivity contribution in [2.45, 2.75) is 18.7 Å². The molecule has 1 amide bonds. The standard InChI is InChI=1S/C25H28BN4O2/c1-28(2)14-13-20-16-30(23-12-8-7-11-21(20)23)24(31)17-29(3)25(32)22(26-18-27)15-19-9-5-4-6-10-19/h4-12,16,22H,13-15,17H2,1-3H3/t22-/m0/s1. The zero-order chi connectivity index (χ0) is 23.1. The number of fused-ring (bicyclic) bond motifs is 1. The third kappa shape index (κ3) is 5.65. The van der Waals surface area contributed by atoms with Gasteiger partial charge in [-0.25, -0.2) is 5.26 Å². The van der Waals surface area contributed by atoms with E-state index in [1.54, 1.807) is 11.6 Å². The van der Waals surface area contributed by atoms with Crippen LogP contribution < -0.4 is 0 Å². The minimum absolute atomic E-state index is 0.0603. The summed E-state index contributed by atoms with van der Waals surface area (Å²) in [6.07, 6.45) is 3.14. The molecule has 1 radical (unpaired) electrons. The molecule has 1 aromatic heterocycles. The lowest BCUT2D eigenvalue weighted by molar-refractivity contribution is -0.129. The van der Waals surface area contributed by atoms with Gasteiger partial charge in [0.2, 0.25) is 5.91 Å².